The predicted octanol–water partition coefficient (Wildman–Crippen LogP) is 1.00. The molecule has 5 nitrogen and oxygen atoms in total. The van der Waals surface area contributed by atoms with Gasteiger partial charge in [0.2, 0.25) is 0 Å². The number of tetrazole rings is 1. The zero-order chi connectivity index (χ0) is 12.3. The number of halogens is 2. The molecule has 0 fully saturated rings. The van der Waals surface area contributed by atoms with Crippen LogP contribution in [-0.4, -0.2) is 31.9 Å². The van der Waals surface area contributed by atoms with E-state index in [-0.39, 0.29) is 6.61 Å². The smallest absolute Gasteiger partial charge is 0.182 e. The molecule has 2 aromatic rings. The summed E-state index contributed by atoms with van der Waals surface area (Å²) in [6, 6.07) is 3.46. The van der Waals surface area contributed by atoms with Gasteiger partial charge >= 0.3 is 0 Å². The minimum atomic E-state index is -0.945. The monoisotopic (exact) mass is 240 g/mol. The second-order valence-electron chi connectivity index (χ2n) is 3.43. The maximum Gasteiger partial charge on any atom is 0.182 e. The number of benzene rings is 1. The molecule has 0 amide bonds. The fourth-order valence-electron chi connectivity index (χ4n) is 1.42. The molecular weight excluding hydrogens is 230 g/mol. The molecular formula is C10H10F2N4O. The van der Waals surface area contributed by atoms with Crippen LogP contribution in [-0.2, 0) is 6.54 Å². The zero-order valence-electron chi connectivity index (χ0n) is 8.85. The molecule has 1 aromatic heterocycles. The largest absolute Gasteiger partial charge is 0.396 e. The van der Waals surface area contributed by atoms with Crippen molar-refractivity contribution in [1.29, 1.82) is 0 Å². The highest BCUT2D eigenvalue weighted by Crippen LogP contribution is 2.18. The molecule has 0 aliphatic heterocycles. The molecule has 90 valence electrons. The molecule has 0 spiro atoms. The van der Waals surface area contributed by atoms with Crippen molar-refractivity contribution < 1.29 is 13.9 Å². The van der Waals surface area contributed by atoms with E-state index in [1.807, 2.05) is 0 Å². The van der Waals surface area contributed by atoms with Gasteiger partial charge in [0.1, 0.15) is 0 Å². The number of aliphatic hydroxyl groups excluding tert-OH is 1. The lowest BCUT2D eigenvalue weighted by Crippen LogP contribution is -2.04. The first-order valence-electron chi connectivity index (χ1n) is 5.05. The zero-order valence-corrected chi connectivity index (χ0v) is 8.85. The first-order chi connectivity index (χ1) is 8.22. The lowest BCUT2D eigenvalue weighted by atomic mass is 10.2. The molecule has 0 aliphatic carbocycles. The van der Waals surface area contributed by atoms with Crippen molar-refractivity contribution in [2.75, 3.05) is 6.61 Å². The van der Waals surface area contributed by atoms with E-state index in [0.29, 0.717) is 24.4 Å². The van der Waals surface area contributed by atoms with Crippen molar-refractivity contribution in [1.82, 2.24) is 20.2 Å². The van der Waals surface area contributed by atoms with Crippen LogP contribution in [0.2, 0.25) is 0 Å². The number of rotatable bonds is 4. The summed E-state index contributed by atoms with van der Waals surface area (Å²) in [4.78, 5) is 0. The number of hydrogen-bond donors (Lipinski definition) is 1. The Hall–Kier alpha value is -1.89. The van der Waals surface area contributed by atoms with Crippen molar-refractivity contribution in [2.45, 2.75) is 13.0 Å². The Kier molecular flexibility index (Phi) is 3.38. The molecule has 0 aliphatic rings. The average molecular weight is 240 g/mol. The van der Waals surface area contributed by atoms with Crippen molar-refractivity contribution in [3.63, 3.8) is 0 Å². The van der Waals surface area contributed by atoms with E-state index in [9.17, 15) is 8.78 Å². The SMILES string of the molecule is OCCCn1nnnc1-c1ccc(F)c(F)c1. The van der Waals surface area contributed by atoms with Crippen LogP contribution in [0, 0.1) is 11.6 Å². The van der Waals surface area contributed by atoms with Gasteiger partial charge in [-0.25, -0.2) is 13.5 Å². The highest BCUT2D eigenvalue weighted by atomic mass is 19.2. The van der Waals surface area contributed by atoms with Gasteiger partial charge in [-0.1, -0.05) is 0 Å². The van der Waals surface area contributed by atoms with E-state index < -0.39 is 11.6 Å². The summed E-state index contributed by atoms with van der Waals surface area (Å²) in [6.07, 6.45) is 0.488. The van der Waals surface area contributed by atoms with Gasteiger partial charge in [0.05, 0.1) is 0 Å². The molecule has 1 N–H and O–H groups in total. The summed E-state index contributed by atoms with van der Waals surface area (Å²) in [5, 5.41) is 19.6. The maximum absolute atomic E-state index is 13.1. The van der Waals surface area contributed by atoms with Crippen LogP contribution < -0.4 is 0 Å². The van der Waals surface area contributed by atoms with E-state index in [0.717, 1.165) is 12.1 Å². The molecule has 0 saturated carbocycles. The van der Waals surface area contributed by atoms with Crippen molar-refractivity contribution in [3.05, 3.63) is 29.8 Å². The summed E-state index contributed by atoms with van der Waals surface area (Å²) in [5.74, 6) is -1.51. The molecule has 0 bridgehead atoms. The third kappa shape index (κ3) is 2.44. The minimum Gasteiger partial charge on any atom is -0.396 e. The van der Waals surface area contributed by atoms with E-state index in [2.05, 4.69) is 15.5 Å². The summed E-state index contributed by atoms with van der Waals surface area (Å²) in [6.45, 7) is 0.426. The van der Waals surface area contributed by atoms with Gasteiger partial charge in [0, 0.05) is 18.7 Å². The predicted molar refractivity (Wildman–Crippen MR) is 54.9 cm³/mol. The third-order valence-corrected chi connectivity index (χ3v) is 2.24. The van der Waals surface area contributed by atoms with Crippen LogP contribution in [0.1, 0.15) is 6.42 Å². The Labute approximate surface area is 95.7 Å². The Morgan fingerprint density at radius 1 is 1.24 bits per heavy atom. The molecule has 7 heteroatoms. The average Bonchev–Trinajstić information content (AvgIpc) is 2.78. The normalized spacial score (nSPS) is 10.8. The van der Waals surface area contributed by atoms with Gasteiger partial charge in [-0.3, -0.25) is 0 Å². The molecule has 2 rings (SSSR count). The number of aromatic nitrogens is 4. The first-order valence-corrected chi connectivity index (χ1v) is 5.05. The lowest BCUT2D eigenvalue weighted by molar-refractivity contribution is 0.276. The molecule has 0 saturated heterocycles. The van der Waals surface area contributed by atoms with Gasteiger partial charge < -0.3 is 5.11 Å². The first kappa shape index (κ1) is 11.6. The van der Waals surface area contributed by atoms with E-state index >= 15 is 0 Å². The molecule has 0 radical (unpaired) electrons. The fraction of sp³-hybridized carbons (Fsp3) is 0.300. The Morgan fingerprint density at radius 2 is 2.06 bits per heavy atom. The van der Waals surface area contributed by atoms with E-state index in [4.69, 9.17) is 5.11 Å². The van der Waals surface area contributed by atoms with Crippen LogP contribution in [0.5, 0.6) is 0 Å². The summed E-state index contributed by atoms with van der Waals surface area (Å²) < 4.78 is 27.3. The topological polar surface area (TPSA) is 63.8 Å². The minimum absolute atomic E-state index is 0.0110. The molecule has 1 heterocycles. The summed E-state index contributed by atoms with van der Waals surface area (Å²) in [5.41, 5.74) is 0.395. The number of nitrogens with zero attached hydrogens (tertiary/aromatic N) is 4. The van der Waals surface area contributed by atoms with Crippen molar-refractivity contribution >= 4 is 0 Å². The lowest BCUT2D eigenvalue weighted by Gasteiger charge is -2.03. The summed E-state index contributed by atoms with van der Waals surface area (Å²) in [7, 11) is 0. The van der Waals surface area contributed by atoms with Gasteiger partial charge in [0.15, 0.2) is 17.5 Å². The van der Waals surface area contributed by atoms with Gasteiger partial charge in [-0.05, 0) is 35.0 Å². The maximum atomic E-state index is 13.1. The van der Waals surface area contributed by atoms with Crippen molar-refractivity contribution in [2.24, 2.45) is 0 Å². The third-order valence-electron chi connectivity index (χ3n) is 2.24. The van der Waals surface area contributed by atoms with Gasteiger partial charge in [-0.2, -0.15) is 0 Å². The molecule has 17 heavy (non-hydrogen) atoms. The quantitative estimate of drug-likeness (QED) is 0.866. The Morgan fingerprint density at radius 3 is 2.76 bits per heavy atom. The van der Waals surface area contributed by atoms with E-state index in [1.165, 1.54) is 10.7 Å². The van der Waals surface area contributed by atoms with Crippen LogP contribution in [0.3, 0.4) is 0 Å². The highest BCUT2D eigenvalue weighted by molar-refractivity contribution is 5.54. The van der Waals surface area contributed by atoms with E-state index in [1.54, 1.807) is 0 Å². The standard InChI is InChI=1S/C10H10F2N4O/c11-8-3-2-7(6-9(8)12)10-13-14-15-16(10)4-1-5-17/h2-3,6,17H,1,4-5H2. The second kappa shape index (κ2) is 4.96. The molecule has 1 aromatic carbocycles. The van der Waals surface area contributed by atoms with Crippen LogP contribution in [0.25, 0.3) is 11.4 Å². The number of aliphatic hydroxyl groups is 1. The number of aryl methyl sites for hydroxylation is 1. The van der Waals surface area contributed by atoms with Gasteiger partial charge in [-0.15, -0.1) is 5.10 Å². The van der Waals surface area contributed by atoms with Crippen LogP contribution in [0.4, 0.5) is 8.78 Å². The fourth-order valence-corrected chi connectivity index (χ4v) is 1.42. The molecule has 0 atom stereocenters. The highest BCUT2D eigenvalue weighted by Gasteiger charge is 2.11. The Bertz CT molecular complexity index is 515. The summed E-state index contributed by atoms with van der Waals surface area (Å²) >= 11 is 0. The van der Waals surface area contributed by atoms with Crippen molar-refractivity contribution in [3.8, 4) is 11.4 Å². The van der Waals surface area contributed by atoms with Crippen LogP contribution in [0.15, 0.2) is 18.2 Å². The van der Waals surface area contributed by atoms with Crippen LogP contribution >= 0.6 is 0 Å². The van der Waals surface area contributed by atoms with Gasteiger partial charge in [0.25, 0.3) is 0 Å². The Balaban J connectivity index is 2.32. The molecule has 0 unspecified atom stereocenters. The second-order valence-corrected chi connectivity index (χ2v) is 3.43. The number of hydrogen-bond acceptors (Lipinski definition) is 4.